The van der Waals surface area contributed by atoms with Crippen LogP contribution in [0.2, 0.25) is 0 Å². The zero-order valence-electron chi connectivity index (χ0n) is 15.6. The smallest absolute Gasteiger partial charge is 0.253 e. The Morgan fingerprint density at radius 1 is 1.07 bits per heavy atom. The van der Waals surface area contributed by atoms with Crippen molar-refractivity contribution in [1.82, 2.24) is 10.3 Å². The lowest BCUT2D eigenvalue weighted by Gasteiger charge is -2.21. The molecule has 4 heteroatoms. The molecule has 0 spiro atoms. The SMILES string of the molecule is O=C(NCCCOC1CCCCC1)c1cc2ccccc2c2cccnc12. The summed E-state index contributed by atoms with van der Waals surface area (Å²) >= 11 is 0. The van der Waals surface area contributed by atoms with Crippen molar-refractivity contribution in [3.63, 3.8) is 0 Å². The van der Waals surface area contributed by atoms with Crippen LogP contribution in [0.1, 0.15) is 48.9 Å². The van der Waals surface area contributed by atoms with Crippen LogP contribution in [-0.2, 0) is 4.74 Å². The second-order valence-electron chi connectivity index (χ2n) is 7.29. The third-order valence-corrected chi connectivity index (χ3v) is 5.37. The van der Waals surface area contributed by atoms with E-state index in [2.05, 4.69) is 16.4 Å². The molecule has 0 atom stereocenters. The van der Waals surface area contributed by atoms with E-state index in [0.29, 0.717) is 24.8 Å². The Hall–Kier alpha value is -2.46. The second kappa shape index (κ2) is 8.49. The largest absolute Gasteiger partial charge is 0.378 e. The minimum Gasteiger partial charge on any atom is -0.378 e. The van der Waals surface area contributed by atoms with E-state index in [0.717, 1.165) is 28.1 Å². The van der Waals surface area contributed by atoms with Crippen LogP contribution in [0.5, 0.6) is 0 Å². The first-order chi connectivity index (χ1) is 13.3. The van der Waals surface area contributed by atoms with Crippen molar-refractivity contribution >= 4 is 27.6 Å². The number of aromatic nitrogens is 1. The highest BCUT2D eigenvalue weighted by Gasteiger charge is 2.15. The van der Waals surface area contributed by atoms with Gasteiger partial charge >= 0.3 is 0 Å². The number of carbonyl (C=O) groups excluding carboxylic acids is 1. The van der Waals surface area contributed by atoms with Gasteiger partial charge in [0.1, 0.15) is 0 Å². The van der Waals surface area contributed by atoms with Gasteiger partial charge < -0.3 is 10.1 Å². The van der Waals surface area contributed by atoms with Gasteiger partial charge in [-0.15, -0.1) is 0 Å². The van der Waals surface area contributed by atoms with Gasteiger partial charge in [0, 0.05) is 24.7 Å². The van der Waals surface area contributed by atoms with Gasteiger partial charge in [0.2, 0.25) is 0 Å². The number of ether oxygens (including phenoxy) is 1. The fourth-order valence-corrected chi connectivity index (χ4v) is 3.95. The van der Waals surface area contributed by atoms with Gasteiger partial charge in [0.05, 0.1) is 17.2 Å². The van der Waals surface area contributed by atoms with E-state index in [1.54, 1.807) is 6.20 Å². The highest BCUT2D eigenvalue weighted by atomic mass is 16.5. The molecule has 1 N–H and O–H groups in total. The lowest BCUT2D eigenvalue weighted by molar-refractivity contribution is 0.0273. The van der Waals surface area contributed by atoms with Crippen LogP contribution in [0.4, 0.5) is 0 Å². The number of hydrogen-bond acceptors (Lipinski definition) is 3. The highest BCUT2D eigenvalue weighted by Crippen LogP contribution is 2.27. The fourth-order valence-electron chi connectivity index (χ4n) is 3.95. The third kappa shape index (κ3) is 4.11. The van der Waals surface area contributed by atoms with Crippen LogP contribution >= 0.6 is 0 Å². The van der Waals surface area contributed by atoms with Crippen molar-refractivity contribution in [2.45, 2.75) is 44.6 Å². The molecule has 3 aromatic rings. The fraction of sp³-hybridized carbons (Fsp3) is 0.391. The number of amides is 1. The molecule has 140 valence electrons. The summed E-state index contributed by atoms with van der Waals surface area (Å²) in [6.45, 7) is 1.33. The molecule has 0 saturated heterocycles. The predicted octanol–water partition coefficient (Wildman–Crippen LogP) is 4.86. The molecular weight excluding hydrogens is 336 g/mol. The minimum absolute atomic E-state index is 0.0675. The van der Waals surface area contributed by atoms with E-state index in [4.69, 9.17) is 4.74 Å². The van der Waals surface area contributed by atoms with E-state index in [-0.39, 0.29) is 5.91 Å². The maximum absolute atomic E-state index is 12.8. The number of rotatable bonds is 6. The van der Waals surface area contributed by atoms with E-state index in [1.165, 1.54) is 32.1 Å². The summed E-state index contributed by atoms with van der Waals surface area (Å²) in [5.41, 5.74) is 1.39. The molecule has 1 aliphatic rings. The Morgan fingerprint density at radius 3 is 2.78 bits per heavy atom. The van der Waals surface area contributed by atoms with Crippen LogP contribution in [0.3, 0.4) is 0 Å². The molecule has 4 rings (SSSR count). The standard InChI is InChI=1S/C23H26N2O2/c26-23(25-14-7-15-27-18-9-2-1-3-10-18)21-16-17-8-4-5-11-19(17)20-12-6-13-24-22(20)21/h4-6,8,11-13,16,18H,1-3,7,9-10,14-15H2,(H,25,26). The van der Waals surface area contributed by atoms with Crippen molar-refractivity contribution in [3.8, 4) is 0 Å². The molecule has 4 nitrogen and oxygen atoms in total. The number of nitrogens with zero attached hydrogens (tertiary/aromatic N) is 1. The number of benzene rings is 2. The molecule has 0 bridgehead atoms. The normalized spacial score (nSPS) is 15.3. The number of carbonyl (C=O) groups is 1. The van der Waals surface area contributed by atoms with Gasteiger partial charge in [-0.3, -0.25) is 9.78 Å². The van der Waals surface area contributed by atoms with Gasteiger partial charge in [0.15, 0.2) is 0 Å². The van der Waals surface area contributed by atoms with Gasteiger partial charge in [-0.1, -0.05) is 49.6 Å². The molecule has 2 aromatic carbocycles. The van der Waals surface area contributed by atoms with E-state index in [9.17, 15) is 4.79 Å². The Kier molecular flexibility index (Phi) is 5.64. The molecule has 0 aliphatic heterocycles. The third-order valence-electron chi connectivity index (χ3n) is 5.37. The van der Waals surface area contributed by atoms with E-state index < -0.39 is 0 Å². The average Bonchev–Trinajstić information content (AvgIpc) is 2.73. The van der Waals surface area contributed by atoms with Crippen molar-refractivity contribution in [2.24, 2.45) is 0 Å². The van der Waals surface area contributed by atoms with Crippen LogP contribution in [-0.4, -0.2) is 30.1 Å². The average molecular weight is 362 g/mol. The van der Waals surface area contributed by atoms with Crippen molar-refractivity contribution in [1.29, 1.82) is 0 Å². The summed E-state index contributed by atoms with van der Waals surface area (Å²) in [6, 6.07) is 14.0. The summed E-state index contributed by atoms with van der Waals surface area (Å²) in [7, 11) is 0. The van der Waals surface area contributed by atoms with E-state index >= 15 is 0 Å². The first-order valence-corrected chi connectivity index (χ1v) is 9.99. The number of hydrogen-bond donors (Lipinski definition) is 1. The van der Waals surface area contributed by atoms with Gasteiger partial charge in [0.25, 0.3) is 5.91 Å². The Labute approximate surface area is 159 Å². The highest BCUT2D eigenvalue weighted by molar-refractivity contribution is 6.15. The first-order valence-electron chi connectivity index (χ1n) is 9.99. The van der Waals surface area contributed by atoms with Crippen LogP contribution < -0.4 is 5.32 Å². The molecular formula is C23H26N2O2. The Balaban J connectivity index is 1.41. The van der Waals surface area contributed by atoms with Gasteiger partial charge in [-0.2, -0.15) is 0 Å². The predicted molar refractivity (Wildman–Crippen MR) is 109 cm³/mol. The summed E-state index contributed by atoms with van der Waals surface area (Å²) in [5, 5.41) is 6.23. The summed E-state index contributed by atoms with van der Waals surface area (Å²) in [6.07, 6.45) is 9.26. The number of fused-ring (bicyclic) bond motifs is 3. The maximum Gasteiger partial charge on any atom is 0.253 e. The monoisotopic (exact) mass is 362 g/mol. The van der Waals surface area contributed by atoms with Gasteiger partial charge in [-0.05, 0) is 42.2 Å². The topological polar surface area (TPSA) is 51.2 Å². The summed E-state index contributed by atoms with van der Waals surface area (Å²) in [4.78, 5) is 17.2. The quantitative estimate of drug-likeness (QED) is 0.503. The molecule has 1 aliphatic carbocycles. The number of pyridine rings is 1. The lowest BCUT2D eigenvalue weighted by Crippen LogP contribution is -2.26. The second-order valence-corrected chi connectivity index (χ2v) is 7.29. The molecule has 1 aromatic heterocycles. The number of nitrogens with one attached hydrogen (secondary N) is 1. The minimum atomic E-state index is -0.0675. The summed E-state index contributed by atoms with van der Waals surface area (Å²) < 4.78 is 5.93. The molecule has 0 unspecified atom stereocenters. The zero-order valence-corrected chi connectivity index (χ0v) is 15.6. The zero-order chi connectivity index (χ0) is 18.5. The van der Waals surface area contributed by atoms with Crippen molar-refractivity contribution < 1.29 is 9.53 Å². The molecule has 1 amide bonds. The molecule has 27 heavy (non-hydrogen) atoms. The molecule has 1 saturated carbocycles. The molecule has 1 heterocycles. The lowest BCUT2D eigenvalue weighted by atomic mass is 9.98. The van der Waals surface area contributed by atoms with Crippen LogP contribution in [0.25, 0.3) is 21.7 Å². The Morgan fingerprint density at radius 2 is 1.89 bits per heavy atom. The van der Waals surface area contributed by atoms with Crippen molar-refractivity contribution in [3.05, 3.63) is 54.2 Å². The van der Waals surface area contributed by atoms with Crippen LogP contribution in [0.15, 0.2) is 48.7 Å². The first kappa shape index (κ1) is 17.9. The van der Waals surface area contributed by atoms with Crippen molar-refractivity contribution in [2.75, 3.05) is 13.2 Å². The van der Waals surface area contributed by atoms with E-state index in [1.807, 2.05) is 36.4 Å². The van der Waals surface area contributed by atoms with Crippen LogP contribution in [0, 0.1) is 0 Å². The molecule has 0 radical (unpaired) electrons. The maximum atomic E-state index is 12.8. The van der Waals surface area contributed by atoms with Gasteiger partial charge in [-0.25, -0.2) is 0 Å². The summed E-state index contributed by atoms with van der Waals surface area (Å²) in [5.74, 6) is -0.0675. The molecule has 1 fully saturated rings. The Bertz CT molecular complexity index is 932.